The van der Waals surface area contributed by atoms with Crippen molar-refractivity contribution in [2.45, 2.75) is 73.4 Å². The first-order chi connectivity index (χ1) is 7.65. The van der Waals surface area contributed by atoms with E-state index in [0.717, 1.165) is 30.4 Å². The van der Waals surface area contributed by atoms with Crippen LogP contribution in [0.15, 0.2) is 0 Å². The number of thioether (sulfide) groups is 1. The molecule has 5 atom stereocenters. The summed E-state index contributed by atoms with van der Waals surface area (Å²) in [6, 6.07) is 0. The van der Waals surface area contributed by atoms with E-state index < -0.39 is 6.17 Å². The van der Waals surface area contributed by atoms with Crippen molar-refractivity contribution in [3.05, 3.63) is 0 Å². The highest BCUT2D eigenvalue weighted by Gasteiger charge is 2.32. The van der Waals surface area contributed by atoms with Gasteiger partial charge in [-0.1, -0.05) is 35.7 Å². The molecule has 2 aliphatic rings. The molecular weight excluding hydrogens is 287 g/mol. The molecule has 0 heterocycles. The molecule has 0 radical (unpaired) electrons. The zero-order chi connectivity index (χ0) is 11.5. The van der Waals surface area contributed by atoms with Crippen LogP contribution in [0.5, 0.6) is 0 Å². The van der Waals surface area contributed by atoms with E-state index in [0.29, 0.717) is 4.83 Å². The van der Waals surface area contributed by atoms with Gasteiger partial charge < -0.3 is 0 Å². The Morgan fingerprint density at radius 2 is 1.94 bits per heavy atom. The van der Waals surface area contributed by atoms with Crippen LogP contribution in [0, 0.1) is 5.92 Å². The normalized spacial score (nSPS) is 45.6. The van der Waals surface area contributed by atoms with E-state index in [1.807, 2.05) is 11.8 Å². The third kappa shape index (κ3) is 3.63. The molecule has 0 nitrogen and oxygen atoms in total. The molecule has 0 aromatic heterocycles. The van der Waals surface area contributed by atoms with Gasteiger partial charge in [-0.05, 0) is 38.0 Å². The van der Waals surface area contributed by atoms with Crippen LogP contribution in [-0.2, 0) is 0 Å². The third-order valence-corrected chi connectivity index (χ3v) is 6.43. The first-order valence-electron chi connectivity index (χ1n) is 6.58. The quantitative estimate of drug-likeness (QED) is 0.650. The number of hydrogen-bond acceptors (Lipinski definition) is 1. The zero-order valence-electron chi connectivity index (χ0n) is 10.0. The maximum absolute atomic E-state index is 13.9. The van der Waals surface area contributed by atoms with Crippen molar-refractivity contribution in [3.63, 3.8) is 0 Å². The van der Waals surface area contributed by atoms with Crippen LogP contribution in [0.4, 0.5) is 4.39 Å². The summed E-state index contributed by atoms with van der Waals surface area (Å²) >= 11 is 5.50. The van der Waals surface area contributed by atoms with E-state index in [2.05, 4.69) is 22.9 Å². The van der Waals surface area contributed by atoms with Gasteiger partial charge in [-0.25, -0.2) is 4.39 Å². The van der Waals surface area contributed by atoms with Crippen LogP contribution in [0.1, 0.15) is 51.9 Å². The van der Waals surface area contributed by atoms with Gasteiger partial charge in [0.1, 0.15) is 6.17 Å². The average molecular weight is 309 g/mol. The molecule has 0 aromatic carbocycles. The number of rotatable bonds is 2. The maximum atomic E-state index is 13.9. The van der Waals surface area contributed by atoms with Gasteiger partial charge in [0.25, 0.3) is 0 Å². The lowest BCUT2D eigenvalue weighted by atomic mass is 9.90. The average Bonchev–Trinajstić information content (AvgIpc) is 2.22. The van der Waals surface area contributed by atoms with Crippen LogP contribution in [0.25, 0.3) is 0 Å². The molecule has 0 N–H and O–H groups in total. The first kappa shape index (κ1) is 13.2. The van der Waals surface area contributed by atoms with E-state index >= 15 is 0 Å². The fourth-order valence-electron chi connectivity index (χ4n) is 2.94. The SMILES string of the molecule is CC1CCCC(SC2CCC(Br)CC2F)C1. The van der Waals surface area contributed by atoms with Crippen LogP contribution < -0.4 is 0 Å². The van der Waals surface area contributed by atoms with Crippen LogP contribution in [0.3, 0.4) is 0 Å². The Morgan fingerprint density at radius 1 is 1.12 bits per heavy atom. The standard InChI is InChI=1S/C13H22BrFS/c1-9-3-2-4-11(7-9)16-13-6-5-10(14)8-12(13)15/h9-13H,2-8H2,1H3. The molecule has 0 aliphatic heterocycles. The molecule has 5 unspecified atom stereocenters. The van der Waals surface area contributed by atoms with Crippen LogP contribution in [-0.4, -0.2) is 21.5 Å². The summed E-state index contributed by atoms with van der Waals surface area (Å²) in [5.41, 5.74) is 0. The van der Waals surface area contributed by atoms with Crippen molar-refractivity contribution >= 4 is 27.7 Å². The Hall–Kier alpha value is 0.760. The molecule has 3 heteroatoms. The molecule has 2 rings (SSSR count). The van der Waals surface area contributed by atoms with Gasteiger partial charge in [0, 0.05) is 15.3 Å². The fourth-order valence-corrected chi connectivity index (χ4v) is 5.35. The Labute approximate surface area is 111 Å². The van der Waals surface area contributed by atoms with Gasteiger partial charge in [0.05, 0.1) is 0 Å². The topological polar surface area (TPSA) is 0 Å². The highest BCUT2D eigenvalue weighted by Crippen LogP contribution is 2.40. The molecule has 0 amide bonds. The molecular formula is C13H22BrFS. The van der Waals surface area contributed by atoms with E-state index in [1.165, 1.54) is 25.7 Å². The van der Waals surface area contributed by atoms with Crippen LogP contribution >= 0.6 is 27.7 Å². The third-order valence-electron chi connectivity index (χ3n) is 3.90. The molecule has 0 bridgehead atoms. The van der Waals surface area contributed by atoms with Crippen molar-refractivity contribution in [1.29, 1.82) is 0 Å². The minimum absolute atomic E-state index is 0.282. The molecule has 16 heavy (non-hydrogen) atoms. The van der Waals surface area contributed by atoms with Gasteiger partial charge in [-0.15, -0.1) is 0 Å². The minimum atomic E-state index is -0.583. The Kier molecular flexibility index (Phi) is 5.02. The summed E-state index contributed by atoms with van der Waals surface area (Å²) in [7, 11) is 0. The lowest BCUT2D eigenvalue weighted by molar-refractivity contribution is 0.265. The molecule has 0 spiro atoms. The molecule has 2 aliphatic carbocycles. The van der Waals surface area contributed by atoms with Gasteiger partial charge in [0.15, 0.2) is 0 Å². The van der Waals surface area contributed by atoms with Crippen LogP contribution in [0.2, 0.25) is 0 Å². The van der Waals surface area contributed by atoms with E-state index in [9.17, 15) is 4.39 Å². The Balaban J connectivity index is 1.80. The van der Waals surface area contributed by atoms with Gasteiger partial charge in [-0.2, -0.15) is 11.8 Å². The second-order valence-electron chi connectivity index (χ2n) is 5.49. The number of alkyl halides is 2. The largest absolute Gasteiger partial charge is 0.246 e. The summed E-state index contributed by atoms with van der Waals surface area (Å²) in [6.45, 7) is 2.34. The summed E-state index contributed by atoms with van der Waals surface area (Å²) in [4.78, 5) is 0.421. The lowest BCUT2D eigenvalue weighted by Crippen LogP contribution is -2.31. The lowest BCUT2D eigenvalue weighted by Gasteiger charge is -2.34. The maximum Gasteiger partial charge on any atom is 0.113 e. The van der Waals surface area contributed by atoms with Crippen molar-refractivity contribution in [1.82, 2.24) is 0 Å². The molecule has 0 saturated heterocycles. The smallest absolute Gasteiger partial charge is 0.113 e. The monoisotopic (exact) mass is 308 g/mol. The molecule has 2 fully saturated rings. The van der Waals surface area contributed by atoms with E-state index in [-0.39, 0.29) is 5.25 Å². The summed E-state index contributed by atoms with van der Waals surface area (Å²) in [5.74, 6) is 0.858. The van der Waals surface area contributed by atoms with Gasteiger partial charge in [0.2, 0.25) is 0 Å². The second-order valence-corrected chi connectivity index (χ2v) is 8.33. The molecule has 0 aromatic rings. The van der Waals surface area contributed by atoms with Crippen molar-refractivity contribution in [2.75, 3.05) is 0 Å². The van der Waals surface area contributed by atoms with E-state index in [1.54, 1.807) is 0 Å². The Bertz CT molecular complexity index is 224. The second kappa shape index (κ2) is 6.08. The van der Waals surface area contributed by atoms with Crippen molar-refractivity contribution in [3.8, 4) is 0 Å². The summed E-state index contributed by atoms with van der Waals surface area (Å²) in [5, 5.41) is 1.02. The predicted molar refractivity (Wildman–Crippen MR) is 74.3 cm³/mol. The van der Waals surface area contributed by atoms with E-state index in [4.69, 9.17) is 0 Å². The van der Waals surface area contributed by atoms with Crippen molar-refractivity contribution < 1.29 is 4.39 Å². The number of halogens is 2. The fraction of sp³-hybridized carbons (Fsp3) is 1.00. The van der Waals surface area contributed by atoms with Gasteiger partial charge >= 0.3 is 0 Å². The Morgan fingerprint density at radius 3 is 2.62 bits per heavy atom. The molecule has 94 valence electrons. The highest BCUT2D eigenvalue weighted by molar-refractivity contribution is 9.09. The predicted octanol–water partition coefficient (Wildman–Crippen LogP) is 4.95. The summed E-state index contributed by atoms with van der Waals surface area (Å²) < 4.78 is 13.9. The number of hydrogen-bond donors (Lipinski definition) is 0. The minimum Gasteiger partial charge on any atom is -0.246 e. The highest BCUT2D eigenvalue weighted by atomic mass is 79.9. The first-order valence-corrected chi connectivity index (χ1v) is 8.44. The summed E-state index contributed by atoms with van der Waals surface area (Å²) in [6.07, 6.45) is 7.71. The van der Waals surface area contributed by atoms with Crippen molar-refractivity contribution in [2.24, 2.45) is 5.92 Å². The van der Waals surface area contributed by atoms with Gasteiger partial charge in [-0.3, -0.25) is 0 Å². The molecule has 2 saturated carbocycles. The zero-order valence-corrected chi connectivity index (χ0v) is 12.4.